The van der Waals surface area contributed by atoms with E-state index in [1.54, 1.807) is 0 Å². The minimum absolute atomic E-state index is 0.0809. The van der Waals surface area contributed by atoms with Crippen molar-refractivity contribution in [3.05, 3.63) is 0 Å². The number of nitrogens with zero attached hydrogens (tertiary/aromatic N) is 2. The highest BCUT2D eigenvalue weighted by atomic mass is 32.2. The topological polar surface area (TPSA) is 78.1 Å². The maximum Gasteiger partial charge on any atom is 0.316 e. The molecular weight excluding hydrogens is 222 g/mol. The third kappa shape index (κ3) is 3.93. The molecule has 0 aromatic carbocycles. The van der Waals surface area contributed by atoms with E-state index in [-0.39, 0.29) is 17.8 Å². The van der Waals surface area contributed by atoms with E-state index in [1.807, 2.05) is 13.8 Å². The van der Waals surface area contributed by atoms with E-state index in [1.165, 1.54) is 23.1 Å². The number of nitrogen functional groups attached to an aromatic ring is 1. The standard InChI is InChI=1S/C7H11N3O2S2/c1-4(2)12-5(11)3-13-7-10-9-6(8)14-7/h4H,3H2,1-2H3,(H2,8,9). The minimum atomic E-state index is -0.251. The van der Waals surface area contributed by atoms with Crippen molar-refractivity contribution in [2.24, 2.45) is 0 Å². The Labute approximate surface area is 90.0 Å². The number of ether oxygens (including phenoxy) is 1. The highest BCUT2D eigenvalue weighted by Gasteiger charge is 2.08. The lowest BCUT2D eigenvalue weighted by atomic mass is 10.5. The quantitative estimate of drug-likeness (QED) is 0.621. The van der Waals surface area contributed by atoms with Gasteiger partial charge in [0, 0.05) is 0 Å². The van der Waals surface area contributed by atoms with Crippen LogP contribution in [-0.4, -0.2) is 28.0 Å². The second kappa shape index (κ2) is 5.16. The van der Waals surface area contributed by atoms with E-state index in [0.29, 0.717) is 9.47 Å². The molecule has 0 atom stereocenters. The Morgan fingerprint density at radius 2 is 2.36 bits per heavy atom. The number of esters is 1. The Morgan fingerprint density at radius 1 is 1.64 bits per heavy atom. The van der Waals surface area contributed by atoms with Gasteiger partial charge in [0.15, 0.2) is 4.34 Å². The predicted molar refractivity (Wildman–Crippen MR) is 56.3 cm³/mol. The Bertz CT molecular complexity index is 314. The summed E-state index contributed by atoms with van der Waals surface area (Å²) in [5.41, 5.74) is 5.38. The summed E-state index contributed by atoms with van der Waals surface area (Å²) in [5.74, 6) is -0.00827. The third-order valence-electron chi connectivity index (χ3n) is 1.10. The summed E-state index contributed by atoms with van der Waals surface area (Å²) in [6, 6.07) is 0. The number of carbonyl (C=O) groups excluding carboxylic acids is 1. The van der Waals surface area contributed by atoms with Crippen LogP contribution in [0.4, 0.5) is 5.13 Å². The first-order chi connectivity index (χ1) is 6.58. The number of hydrogen-bond donors (Lipinski definition) is 1. The van der Waals surface area contributed by atoms with Crippen LogP contribution in [0.25, 0.3) is 0 Å². The number of thioether (sulfide) groups is 1. The molecule has 1 rings (SSSR count). The van der Waals surface area contributed by atoms with Crippen LogP contribution in [0.2, 0.25) is 0 Å². The second-order valence-corrected chi connectivity index (χ2v) is 4.97. The molecule has 0 aliphatic carbocycles. The minimum Gasteiger partial charge on any atom is -0.462 e. The van der Waals surface area contributed by atoms with Crippen LogP contribution in [0.15, 0.2) is 4.34 Å². The molecule has 78 valence electrons. The highest BCUT2D eigenvalue weighted by molar-refractivity contribution is 8.01. The number of carbonyl (C=O) groups is 1. The van der Waals surface area contributed by atoms with Crippen molar-refractivity contribution in [2.75, 3.05) is 11.5 Å². The molecule has 0 radical (unpaired) electrons. The summed E-state index contributed by atoms with van der Waals surface area (Å²) >= 11 is 2.54. The maximum atomic E-state index is 11.1. The van der Waals surface area contributed by atoms with Crippen molar-refractivity contribution >= 4 is 34.2 Å². The zero-order chi connectivity index (χ0) is 10.6. The van der Waals surface area contributed by atoms with Crippen LogP contribution in [0.3, 0.4) is 0 Å². The average molecular weight is 233 g/mol. The van der Waals surface area contributed by atoms with Gasteiger partial charge in [-0.25, -0.2) is 0 Å². The van der Waals surface area contributed by atoms with Crippen molar-refractivity contribution in [2.45, 2.75) is 24.3 Å². The van der Waals surface area contributed by atoms with Crippen LogP contribution in [0.1, 0.15) is 13.8 Å². The molecule has 0 unspecified atom stereocenters. The fourth-order valence-corrected chi connectivity index (χ4v) is 2.12. The van der Waals surface area contributed by atoms with E-state index in [2.05, 4.69) is 10.2 Å². The molecule has 1 aromatic heterocycles. The molecule has 0 amide bonds. The summed E-state index contributed by atoms with van der Waals surface area (Å²) in [5, 5.41) is 7.80. The van der Waals surface area contributed by atoms with Gasteiger partial charge in [-0.2, -0.15) is 0 Å². The Balaban J connectivity index is 2.30. The Morgan fingerprint density at radius 3 is 2.86 bits per heavy atom. The smallest absolute Gasteiger partial charge is 0.316 e. The number of rotatable bonds is 4. The van der Waals surface area contributed by atoms with Crippen LogP contribution in [0.5, 0.6) is 0 Å². The summed E-state index contributed by atoms with van der Waals surface area (Å²) in [6.07, 6.45) is -0.0809. The highest BCUT2D eigenvalue weighted by Crippen LogP contribution is 2.23. The lowest BCUT2D eigenvalue weighted by molar-refractivity contribution is -0.144. The van der Waals surface area contributed by atoms with Gasteiger partial charge < -0.3 is 10.5 Å². The maximum absolute atomic E-state index is 11.1. The second-order valence-electron chi connectivity index (χ2n) is 2.73. The summed E-state index contributed by atoms with van der Waals surface area (Å²) in [7, 11) is 0. The van der Waals surface area contributed by atoms with Gasteiger partial charge in [0.1, 0.15) is 0 Å². The van der Waals surface area contributed by atoms with Crippen LogP contribution >= 0.6 is 23.1 Å². The SMILES string of the molecule is CC(C)OC(=O)CSc1nnc(N)s1. The predicted octanol–water partition coefficient (Wildman–Crippen LogP) is 1.16. The van der Waals surface area contributed by atoms with Gasteiger partial charge in [0.2, 0.25) is 5.13 Å². The number of anilines is 1. The van der Waals surface area contributed by atoms with E-state index in [4.69, 9.17) is 10.5 Å². The average Bonchev–Trinajstić information content (AvgIpc) is 2.47. The number of hydrogen-bond acceptors (Lipinski definition) is 7. The van der Waals surface area contributed by atoms with E-state index >= 15 is 0 Å². The van der Waals surface area contributed by atoms with Crippen LogP contribution in [-0.2, 0) is 9.53 Å². The van der Waals surface area contributed by atoms with Crippen molar-refractivity contribution in [3.8, 4) is 0 Å². The third-order valence-corrected chi connectivity index (χ3v) is 2.96. The van der Waals surface area contributed by atoms with E-state index in [9.17, 15) is 4.79 Å². The van der Waals surface area contributed by atoms with Crippen molar-refractivity contribution < 1.29 is 9.53 Å². The molecule has 7 heteroatoms. The number of aromatic nitrogens is 2. The van der Waals surface area contributed by atoms with Gasteiger partial charge in [-0.3, -0.25) is 4.79 Å². The molecule has 14 heavy (non-hydrogen) atoms. The van der Waals surface area contributed by atoms with Crippen molar-refractivity contribution in [3.63, 3.8) is 0 Å². The van der Waals surface area contributed by atoms with E-state index in [0.717, 1.165) is 0 Å². The van der Waals surface area contributed by atoms with E-state index < -0.39 is 0 Å². The van der Waals surface area contributed by atoms with Gasteiger partial charge >= 0.3 is 5.97 Å². The molecule has 0 bridgehead atoms. The first-order valence-corrected chi connectivity index (χ1v) is 5.79. The monoisotopic (exact) mass is 233 g/mol. The number of nitrogens with two attached hydrogens (primary N) is 1. The van der Waals surface area contributed by atoms with Crippen molar-refractivity contribution in [1.82, 2.24) is 10.2 Å². The van der Waals surface area contributed by atoms with Gasteiger partial charge in [0.25, 0.3) is 0 Å². The molecule has 0 fully saturated rings. The molecule has 0 aliphatic rings. The zero-order valence-corrected chi connectivity index (χ0v) is 9.52. The molecule has 0 saturated carbocycles. The molecule has 5 nitrogen and oxygen atoms in total. The van der Waals surface area contributed by atoms with Crippen LogP contribution in [0, 0.1) is 0 Å². The summed E-state index contributed by atoms with van der Waals surface area (Å²) in [6.45, 7) is 3.62. The van der Waals surface area contributed by atoms with Gasteiger partial charge in [-0.15, -0.1) is 10.2 Å². The normalized spacial score (nSPS) is 10.5. The van der Waals surface area contributed by atoms with Gasteiger partial charge in [0.05, 0.1) is 11.9 Å². The Kier molecular flexibility index (Phi) is 4.15. The molecule has 1 aromatic rings. The molecular formula is C7H11N3O2S2. The lowest BCUT2D eigenvalue weighted by Crippen LogP contribution is -2.13. The molecule has 2 N–H and O–H groups in total. The lowest BCUT2D eigenvalue weighted by Gasteiger charge is -2.05. The fraction of sp³-hybridized carbons (Fsp3) is 0.571. The van der Waals surface area contributed by atoms with Crippen molar-refractivity contribution in [1.29, 1.82) is 0 Å². The van der Waals surface area contributed by atoms with Gasteiger partial charge in [-0.1, -0.05) is 23.1 Å². The zero-order valence-electron chi connectivity index (χ0n) is 7.89. The Hall–Kier alpha value is -0.820. The van der Waals surface area contributed by atoms with Crippen LogP contribution < -0.4 is 5.73 Å². The van der Waals surface area contributed by atoms with Gasteiger partial charge in [-0.05, 0) is 13.8 Å². The first kappa shape index (κ1) is 11.3. The fourth-order valence-electron chi connectivity index (χ4n) is 0.696. The summed E-state index contributed by atoms with van der Waals surface area (Å²) < 4.78 is 5.63. The molecule has 0 aliphatic heterocycles. The molecule has 0 saturated heterocycles. The molecule has 1 heterocycles. The summed E-state index contributed by atoms with van der Waals surface area (Å²) in [4.78, 5) is 11.1. The first-order valence-electron chi connectivity index (χ1n) is 3.99. The largest absolute Gasteiger partial charge is 0.462 e. The molecule has 0 spiro atoms.